The van der Waals surface area contributed by atoms with Gasteiger partial charge < -0.3 is 14.2 Å². The molecular weight excluding hydrogens is 380 g/mol. The molecule has 25 heavy (non-hydrogen) atoms. The highest BCUT2D eigenvalue weighted by molar-refractivity contribution is 9.10. The maximum Gasteiger partial charge on any atom is 0.170 e. The van der Waals surface area contributed by atoms with E-state index >= 15 is 0 Å². The van der Waals surface area contributed by atoms with Crippen LogP contribution in [0.1, 0.15) is 11.1 Å². The minimum Gasteiger partial charge on any atom is -0.496 e. The van der Waals surface area contributed by atoms with Crippen LogP contribution < -0.4 is 4.74 Å². The van der Waals surface area contributed by atoms with Crippen molar-refractivity contribution < 1.29 is 9.26 Å². The van der Waals surface area contributed by atoms with Crippen molar-refractivity contribution in [3.63, 3.8) is 0 Å². The van der Waals surface area contributed by atoms with Gasteiger partial charge in [0.15, 0.2) is 5.76 Å². The Hall–Kier alpha value is -2.53. The van der Waals surface area contributed by atoms with Gasteiger partial charge in [0.1, 0.15) is 11.4 Å². The molecule has 1 aliphatic rings. The van der Waals surface area contributed by atoms with Crippen molar-refractivity contribution in [2.24, 2.45) is 0 Å². The number of H-pyrrole nitrogens is 1. The number of halogens is 1. The molecule has 0 bridgehead atoms. The topological polar surface area (TPSA) is 51.1 Å². The normalized spacial score (nSPS) is 12.9. The number of methoxy groups -OCH3 is 1. The number of benzene rings is 2. The lowest BCUT2D eigenvalue weighted by atomic mass is 9.91. The van der Waals surface area contributed by atoms with Crippen molar-refractivity contribution in [1.29, 1.82) is 0 Å². The van der Waals surface area contributed by atoms with E-state index in [1.165, 1.54) is 10.9 Å². The second-order valence-corrected chi connectivity index (χ2v) is 7.07. The zero-order chi connectivity index (χ0) is 17.0. The lowest BCUT2D eigenvalue weighted by Gasteiger charge is -2.12. The molecule has 0 atom stereocenters. The van der Waals surface area contributed by atoms with Gasteiger partial charge in [-0.05, 0) is 58.6 Å². The first-order chi connectivity index (χ1) is 12.3. The summed E-state index contributed by atoms with van der Waals surface area (Å²) in [5.74, 6) is 1.64. The van der Waals surface area contributed by atoms with E-state index in [4.69, 9.17) is 9.26 Å². The van der Waals surface area contributed by atoms with Crippen LogP contribution in [0.15, 0.2) is 51.5 Å². The number of para-hydroxylation sites is 1. The van der Waals surface area contributed by atoms with Crippen LogP contribution in [-0.2, 0) is 12.8 Å². The third-order valence-electron chi connectivity index (χ3n) is 4.88. The molecule has 4 nitrogen and oxygen atoms in total. The molecule has 4 aromatic rings. The van der Waals surface area contributed by atoms with Crippen molar-refractivity contribution >= 4 is 26.8 Å². The average Bonchev–Trinajstić information content (AvgIpc) is 3.22. The fourth-order valence-corrected chi connectivity index (χ4v) is 4.22. The molecule has 0 saturated carbocycles. The summed E-state index contributed by atoms with van der Waals surface area (Å²) in [6.07, 6.45) is 1.91. The molecule has 2 aromatic heterocycles. The first-order valence-corrected chi connectivity index (χ1v) is 8.98. The van der Waals surface area contributed by atoms with Crippen LogP contribution in [0, 0.1) is 0 Å². The minimum atomic E-state index is 0.801. The summed E-state index contributed by atoms with van der Waals surface area (Å²) >= 11 is 3.54. The Morgan fingerprint density at radius 2 is 1.96 bits per heavy atom. The molecule has 0 radical (unpaired) electrons. The third-order valence-corrected chi connectivity index (χ3v) is 5.50. The third kappa shape index (κ3) is 2.15. The summed E-state index contributed by atoms with van der Waals surface area (Å²) in [6.45, 7) is 0. The van der Waals surface area contributed by atoms with Crippen molar-refractivity contribution in [3.05, 3.63) is 58.1 Å². The van der Waals surface area contributed by atoms with Crippen LogP contribution >= 0.6 is 15.9 Å². The standard InChI is InChI=1S/C20H15BrN2O2/c1-24-17-9-6-11(10-15(17)21)20-14-8-7-13-12-4-2-3-5-16(12)22-18(13)19(14)23-25-20/h2-6,9-10,22H,7-8H2,1H3. The number of nitrogens with one attached hydrogen (secondary N) is 1. The second kappa shape index (κ2) is 5.49. The van der Waals surface area contributed by atoms with E-state index in [0.29, 0.717) is 0 Å². The molecule has 5 heteroatoms. The molecule has 0 aliphatic heterocycles. The second-order valence-electron chi connectivity index (χ2n) is 6.21. The van der Waals surface area contributed by atoms with Gasteiger partial charge in [0.2, 0.25) is 0 Å². The molecule has 0 spiro atoms. The zero-order valence-electron chi connectivity index (χ0n) is 13.6. The molecule has 5 rings (SSSR count). The molecule has 0 fully saturated rings. The average molecular weight is 395 g/mol. The molecule has 1 aliphatic carbocycles. The molecular formula is C20H15BrN2O2. The number of aromatic nitrogens is 2. The summed E-state index contributed by atoms with van der Waals surface area (Å²) in [5, 5.41) is 5.67. The van der Waals surface area contributed by atoms with Crippen LogP contribution in [0.3, 0.4) is 0 Å². The van der Waals surface area contributed by atoms with Gasteiger partial charge in [0.05, 0.1) is 17.3 Å². The van der Waals surface area contributed by atoms with E-state index in [0.717, 1.165) is 56.9 Å². The van der Waals surface area contributed by atoms with E-state index in [1.54, 1.807) is 7.11 Å². The first-order valence-electron chi connectivity index (χ1n) is 8.18. The Bertz CT molecular complexity index is 1110. The Morgan fingerprint density at radius 1 is 1.12 bits per heavy atom. The fraction of sp³-hybridized carbons (Fsp3) is 0.150. The van der Waals surface area contributed by atoms with Crippen molar-refractivity contribution in [1.82, 2.24) is 10.1 Å². The number of hydrogen-bond acceptors (Lipinski definition) is 3. The van der Waals surface area contributed by atoms with Crippen LogP contribution in [0.25, 0.3) is 33.6 Å². The minimum absolute atomic E-state index is 0.801. The fourth-order valence-electron chi connectivity index (χ4n) is 3.68. The highest BCUT2D eigenvalue weighted by Crippen LogP contribution is 2.42. The van der Waals surface area contributed by atoms with Gasteiger partial charge in [-0.1, -0.05) is 23.4 Å². The molecule has 2 heterocycles. The highest BCUT2D eigenvalue weighted by atomic mass is 79.9. The zero-order valence-corrected chi connectivity index (χ0v) is 15.2. The first kappa shape index (κ1) is 14.8. The number of rotatable bonds is 2. The summed E-state index contributed by atoms with van der Waals surface area (Å²) in [7, 11) is 1.66. The van der Waals surface area contributed by atoms with Gasteiger partial charge in [-0.3, -0.25) is 0 Å². The number of ether oxygens (including phenoxy) is 1. The Morgan fingerprint density at radius 3 is 2.80 bits per heavy atom. The van der Waals surface area contributed by atoms with Crippen LogP contribution in [0.4, 0.5) is 0 Å². The number of aryl methyl sites for hydroxylation is 1. The van der Waals surface area contributed by atoms with Gasteiger partial charge in [-0.25, -0.2) is 0 Å². The molecule has 1 N–H and O–H groups in total. The number of fused-ring (bicyclic) bond motifs is 5. The summed E-state index contributed by atoms with van der Waals surface area (Å²) in [6, 6.07) is 14.4. The lowest BCUT2D eigenvalue weighted by Crippen LogP contribution is -2.02. The quantitative estimate of drug-likeness (QED) is 0.497. The van der Waals surface area contributed by atoms with Crippen molar-refractivity contribution in [2.75, 3.05) is 7.11 Å². The van der Waals surface area contributed by atoms with E-state index in [1.807, 2.05) is 24.3 Å². The SMILES string of the molecule is COc1ccc(-c2onc3c2CCc2c-3[nH]c3ccccc23)cc1Br. The van der Waals surface area contributed by atoms with Crippen LogP contribution in [0.2, 0.25) is 0 Å². The lowest BCUT2D eigenvalue weighted by molar-refractivity contribution is 0.412. The number of aromatic amines is 1. The van der Waals surface area contributed by atoms with E-state index in [-0.39, 0.29) is 0 Å². The Kier molecular flexibility index (Phi) is 3.25. The van der Waals surface area contributed by atoms with Gasteiger partial charge in [-0.15, -0.1) is 0 Å². The summed E-state index contributed by atoms with van der Waals surface area (Å²) in [5.41, 5.74) is 6.66. The van der Waals surface area contributed by atoms with Crippen LogP contribution in [0.5, 0.6) is 5.75 Å². The monoisotopic (exact) mass is 394 g/mol. The molecule has 0 saturated heterocycles. The largest absolute Gasteiger partial charge is 0.496 e. The molecule has 0 unspecified atom stereocenters. The number of hydrogen-bond donors (Lipinski definition) is 1. The van der Waals surface area contributed by atoms with Gasteiger partial charge >= 0.3 is 0 Å². The maximum absolute atomic E-state index is 5.75. The van der Waals surface area contributed by atoms with Gasteiger partial charge in [-0.2, -0.15) is 0 Å². The summed E-state index contributed by atoms with van der Waals surface area (Å²) < 4.78 is 12.0. The van der Waals surface area contributed by atoms with E-state index in [9.17, 15) is 0 Å². The van der Waals surface area contributed by atoms with Crippen molar-refractivity contribution in [3.8, 4) is 28.5 Å². The Labute approximate surface area is 152 Å². The maximum atomic E-state index is 5.75. The Balaban J connectivity index is 1.67. The van der Waals surface area contributed by atoms with Gasteiger partial charge in [0, 0.05) is 22.0 Å². The highest BCUT2D eigenvalue weighted by Gasteiger charge is 2.27. The predicted octanol–water partition coefficient (Wildman–Crippen LogP) is 5.36. The van der Waals surface area contributed by atoms with Gasteiger partial charge in [0.25, 0.3) is 0 Å². The smallest absolute Gasteiger partial charge is 0.170 e. The molecule has 124 valence electrons. The predicted molar refractivity (Wildman–Crippen MR) is 101 cm³/mol. The van der Waals surface area contributed by atoms with Crippen LogP contribution in [-0.4, -0.2) is 17.3 Å². The van der Waals surface area contributed by atoms with Crippen molar-refractivity contribution in [2.45, 2.75) is 12.8 Å². The van der Waals surface area contributed by atoms with E-state index in [2.05, 4.69) is 44.3 Å². The molecule has 2 aromatic carbocycles. The molecule has 0 amide bonds. The van der Waals surface area contributed by atoms with E-state index < -0.39 is 0 Å². The summed E-state index contributed by atoms with van der Waals surface area (Å²) in [4.78, 5) is 3.51. The number of nitrogens with zero attached hydrogens (tertiary/aromatic N) is 1.